The Morgan fingerprint density at radius 3 is 2.65 bits per heavy atom. The second-order valence-corrected chi connectivity index (χ2v) is 6.00. The quantitative estimate of drug-likeness (QED) is 0.649. The molecular weight excluding hydrogens is 246 g/mol. The van der Waals surface area contributed by atoms with Crippen LogP contribution in [0.15, 0.2) is 24.3 Å². The molecule has 0 heterocycles. The van der Waals surface area contributed by atoms with Crippen molar-refractivity contribution in [1.82, 2.24) is 5.32 Å². The van der Waals surface area contributed by atoms with Gasteiger partial charge in [-0.1, -0.05) is 43.7 Å². The lowest BCUT2D eigenvalue weighted by atomic mass is 9.93. The highest BCUT2D eigenvalue weighted by Gasteiger charge is 2.11. The largest absolute Gasteiger partial charge is 0.382 e. The normalized spacial score (nSPS) is 12.8. The Morgan fingerprint density at radius 1 is 1.20 bits per heavy atom. The minimum absolute atomic E-state index is 0.592. The average Bonchev–Trinajstić information content (AvgIpc) is 2.41. The average molecular weight is 277 g/mol. The van der Waals surface area contributed by atoms with Crippen molar-refractivity contribution in [2.24, 2.45) is 5.92 Å². The van der Waals surface area contributed by atoms with Gasteiger partial charge in [0.15, 0.2) is 0 Å². The fourth-order valence-electron chi connectivity index (χ4n) is 2.43. The van der Waals surface area contributed by atoms with Gasteiger partial charge in [0.25, 0.3) is 0 Å². The van der Waals surface area contributed by atoms with Crippen molar-refractivity contribution in [2.45, 2.75) is 46.5 Å². The van der Waals surface area contributed by atoms with Crippen LogP contribution in [0.1, 0.15) is 50.7 Å². The van der Waals surface area contributed by atoms with E-state index in [1.807, 2.05) is 0 Å². The molecule has 0 radical (unpaired) electrons. The number of nitrogens with one attached hydrogen (secondary N) is 1. The first-order valence-electron chi connectivity index (χ1n) is 7.98. The molecule has 2 heteroatoms. The van der Waals surface area contributed by atoms with E-state index >= 15 is 0 Å². The van der Waals surface area contributed by atoms with Gasteiger partial charge in [-0.25, -0.2) is 0 Å². The molecule has 0 spiro atoms. The third-order valence-electron chi connectivity index (χ3n) is 3.50. The summed E-state index contributed by atoms with van der Waals surface area (Å²) in [6.45, 7) is 12.6. The fraction of sp³-hybridized carbons (Fsp3) is 0.667. The van der Waals surface area contributed by atoms with Gasteiger partial charge in [0.2, 0.25) is 0 Å². The summed E-state index contributed by atoms with van der Waals surface area (Å²) in [6.07, 6.45) is 2.32. The molecule has 0 saturated carbocycles. The Hall–Kier alpha value is -0.860. The molecule has 0 aliphatic heterocycles. The molecule has 20 heavy (non-hydrogen) atoms. The van der Waals surface area contributed by atoms with Crippen LogP contribution in [0.5, 0.6) is 0 Å². The summed E-state index contributed by atoms with van der Waals surface area (Å²) < 4.78 is 5.47. The van der Waals surface area contributed by atoms with Crippen LogP contribution in [0.4, 0.5) is 0 Å². The molecular formula is C18H31NO. The van der Waals surface area contributed by atoms with Crippen molar-refractivity contribution in [1.29, 1.82) is 0 Å². The Bertz CT molecular complexity index is 362. The molecule has 2 nitrogen and oxygen atoms in total. The number of rotatable bonds is 10. The van der Waals surface area contributed by atoms with Gasteiger partial charge in [-0.15, -0.1) is 0 Å². The molecule has 1 atom stereocenters. The van der Waals surface area contributed by atoms with E-state index in [0.29, 0.717) is 11.8 Å². The topological polar surface area (TPSA) is 21.3 Å². The van der Waals surface area contributed by atoms with Gasteiger partial charge in [-0.2, -0.15) is 0 Å². The maximum absolute atomic E-state index is 5.47. The molecule has 0 fully saturated rings. The van der Waals surface area contributed by atoms with Gasteiger partial charge in [-0.3, -0.25) is 0 Å². The van der Waals surface area contributed by atoms with Crippen LogP contribution in [-0.4, -0.2) is 26.3 Å². The van der Waals surface area contributed by atoms with Crippen molar-refractivity contribution in [3.8, 4) is 0 Å². The summed E-state index contributed by atoms with van der Waals surface area (Å²) in [6, 6.07) is 8.92. The molecule has 0 aromatic heterocycles. The molecule has 0 aliphatic carbocycles. The molecule has 1 rings (SSSR count). The summed E-state index contributed by atoms with van der Waals surface area (Å²) >= 11 is 0. The first kappa shape index (κ1) is 17.2. The zero-order chi connectivity index (χ0) is 14.8. The lowest BCUT2D eigenvalue weighted by Crippen LogP contribution is -2.25. The molecule has 0 bridgehead atoms. The van der Waals surface area contributed by atoms with Gasteiger partial charge in [0, 0.05) is 19.8 Å². The molecule has 1 aromatic carbocycles. The van der Waals surface area contributed by atoms with Gasteiger partial charge in [0.05, 0.1) is 0 Å². The highest BCUT2D eigenvalue weighted by Crippen LogP contribution is 2.21. The van der Waals surface area contributed by atoms with E-state index in [9.17, 15) is 0 Å². The van der Waals surface area contributed by atoms with E-state index in [1.165, 1.54) is 17.5 Å². The van der Waals surface area contributed by atoms with Crippen LogP contribution in [0.25, 0.3) is 0 Å². The van der Waals surface area contributed by atoms with Gasteiger partial charge >= 0.3 is 0 Å². The molecule has 0 aliphatic rings. The Labute approximate surface area is 124 Å². The first-order chi connectivity index (χ1) is 9.63. The van der Waals surface area contributed by atoms with Crippen LogP contribution in [0, 0.1) is 12.8 Å². The number of benzene rings is 1. The zero-order valence-corrected chi connectivity index (χ0v) is 13.6. The summed E-state index contributed by atoms with van der Waals surface area (Å²) in [4.78, 5) is 0. The molecule has 114 valence electrons. The van der Waals surface area contributed by atoms with E-state index in [1.54, 1.807) is 0 Å². The van der Waals surface area contributed by atoms with Gasteiger partial charge < -0.3 is 10.1 Å². The smallest absolute Gasteiger partial charge is 0.0466 e. The van der Waals surface area contributed by atoms with Crippen molar-refractivity contribution in [3.63, 3.8) is 0 Å². The van der Waals surface area contributed by atoms with Crippen LogP contribution < -0.4 is 5.32 Å². The summed E-state index contributed by atoms with van der Waals surface area (Å²) in [5.74, 6) is 1.30. The highest BCUT2D eigenvalue weighted by molar-refractivity contribution is 5.25. The summed E-state index contributed by atoms with van der Waals surface area (Å²) in [7, 11) is 0. The Morgan fingerprint density at radius 2 is 2.00 bits per heavy atom. The highest BCUT2D eigenvalue weighted by atomic mass is 16.5. The van der Waals surface area contributed by atoms with E-state index < -0.39 is 0 Å². The van der Waals surface area contributed by atoms with Crippen molar-refractivity contribution in [2.75, 3.05) is 26.3 Å². The lowest BCUT2D eigenvalue weighted by molar-refractivity contribution is 0.141. The monoisotopic (exact) mass is 277 g/mol. The van der Waals surface area contributed by atoms with E-state index in [2.05, 4.69) is 57.3 Å². The second kappa shape index (κ2) is 9.95. The Balaban J connectivity index is 2.53. The predicted molar refractivity (Wildman–Crippen MR) is 87.4 cm³/mol. The predicted octanol–water partition coefficient (Wildman–Crippen LogP) is 4.14. The van der Waals surface area contributed by atoms with Crippen molar-refractivity contribution in [3.05, 3.63) is 35.4 Å². The Kier molecular flexibility index (Phi) is 8.56. The van der Waals surface area contributed by atoms with Gasteiger partial charge in [-0.05, 0) is 50.6 Å². The maximum atomic E-state index is 5.47. The van der Waals surface area contributed by atoms with Crippen LogP contribution >= 0.6 is 0 Å². The number of aryl methyl sites for hydroxylation is 1. The first-order valence-corrected chi connectivity index (χ1v) is 7.98. The summed E-state index contributed by atoms with van der Waals surface area (Å²) in [5.41, 5.74) is 2.80. The standard InChI is InChI=1S/C18H31NO/c1-5-20-11-7-10-18(14-19-13-15(2)3)17-9-6-8-16(4)12-17/h6,8-9,12,15,18-19H,5,7,10-11,13-14H2,1-4H3. The molecule has 0 amide bonds. The third-order valence-corrected chi connectivity index (χ3v) is 3.50. The van der Waals surface area contributed by atoms with E-state index in [0.717, 1.165) is 32.7 Å². The number of ether oxygens (including phenoxy) is 1. The maximum Gasteiger partial charge on any atom is 0.0466 e. The SMILES string of the molecule is CCOCCCC(CNCC(C)C)c1cccc(C)c1. The van der Waals surface area contributed by atoms with Crippen molar-refractivity contribution >= 4 is 0 Å². The van der Waals surface area contributed by atoms with Gasteiger partial charge in [0.1, 0.15) is 0 Å². The van der Waals surface area contributed by atoms with Crippen LogP contribution in [-0.2, 0) is 4.74 Å². The minimum atomic E-state index is 0.592. The van der Waals surface area contributed by atoms with E-state index in [4.69, 9.17) is 4.74 Å². The molecule has 1 unspecified atom stereocenters. The fourth-order valence-corrected chi connectivity index (χ4v) is 2.43. The molecule has 1 N–H and O–H groups in total. The van der Waals surface area contributed by atoms with Crippen molar-refractivity contribution < 1.29 is 4.74 Å². The van der Waals surface area contributed by atoms with Crippen LogP contribution in [0.2, 0.25) is 0 Å². The number of hydrogen-bond donors (Lipinski definition) is 1. The third kappa shape index (κ3) is 7.06. The second-order valence-electron chi connectivity index (χ2n) is 6.00. The van der Waals surface area contributed by atoms with E-state index in [-0.39, 0.29) is 0 Å². The number of hydrogen-bond acceptors (Lipinski definition) is 2. The minimum Gasteiger partial charge on any atom is -0.382 e. The zero-order valence-electron chi connectivity index (χ0n) is 13.6. The molecule has 0 saturated heterocycles. The van der Waals surface area contributed by atoms with Crippen LogP contribution in [0.3, 0.4) is 0 Å². The summed E-state index contributed by atoms with van der Waals surface area (Å²) in [5, 5.41) is 3.60. The molecule has 1 aromatic rings. The lowest BCUT2D eigenvalue weighted by Gasteiger charge is -2.19.